The molecule has 240 valence electrons. The number of rotatable bonds is 11. The largest absolute Gasteiger partial charge is 0.463 e. The molecule has 0 saturated carbocycles. The number of esters is 1. The number of carbonyl (C=O) groups is 3. The molecule has 0 aliphatic carbocycles. The van der Waals surface area contributed by atoms with Crippen molar-refractivity contribution in [1.82, 2.24) is 4.90 Å². The van der Waals surface area contributed by atoms with Crippen LogP contribution >= 0.6 is 0 Å². The molecule has 2 aliphatic rings. The molecule has 7 nitrogen and oxygen atoms in total. The van der Waals surface area contributed by atoms with E-state index in [0.29, 0.717) is 17.5 Å². The zero-order valence-corrected chi connectivity index (χ0v) is 29.0. The van der Waals surface area contributed by atoms with E-state index in [1.165, 1.54) is 10.5 Å². The number of carbonyl (C=O) groups excluding carboxylic acids is 3. The minimum absolute atomic E-state index is 0.0582. The van der Waals surface area contributed by atoms with Gasteiger partial charge in [-0.1, -0.05) is 70.2 Å². The SMILES string of the molecule is C[C@H]1C(CC(CN2C(=O)c3ccccc3C2=O)O[Si](C)(C)C(C)(C)C)O[C@@H](COC(=O)C(C)(C)C)C1CCc1ccccc1. The Morgan fingerprint density at radius 1 is 0.909 bits per heavy atom. The fourth-order valence-corrected chi connectivity index (χ4v) is 7.28. The summed E-state index contributed by atoms with van der Waals surface area (Å²) >= 11 is 0. The molecular formula is C36H51NO6Si. The minimum atomic E-state index is -2.28. The summed E-state index contributed by atoms with van der Waals surface area (Å²) in [6, 6.07) is 17.4. The molecule has 2 amide bonds. The summed E-state index contributed by atoms with van der Waals surface area (Å²) < 4.78 is 19.4. The monoisotopic (exact) mass is 621 g/mol. The fourth-order valence-electron chi connectivity index (χ4n) is 5.92. The smallest absolute Gasteiger partial charge is 0.311 e. The van der Waals surface area contributed by atoms with Crippen LogP contribution in [0.5, 0.6) is 0 Å². The van der Waals surface area contributed by atoms with Crippen LogP contribution in [0.1, 0.15) is 87.6 Å². The molecule has 3 unspecified atom stereocenters. The number of amides is 2. The van der Waals surface area contributed by atoms with Gasteiger partial charge < -0.3 is 13.9 Å². The van der Waals surface area contributed by atoms with Crippen LogP contribution in [0.4, 0.5) is 0 Å². The van der Waals surface area contributed by atoms with Crippen LogP contribution in [0.2, 0.25) is 18.1 Å². The van der Waals surface area contributed by atoms with Gasteiger partial charge in [-0.3, -0.25) is 19.3 Å². The van der Waals surface area contributed by atoms with Crippen molar-refractivity contribution in [3.63, 3.8) is 0 Å². The lowest BCUT2D eigenvalue weighted by Gasteiger charge is -2.40. The van der Waals surface area contributed by atoms with Crippen LogP contribution in [0.15, 0.2) is 54.6 Å². The Morgan fingerprint density at radius 2 is 1.48 bits per heavy atom. The molecule has 5 atom stereocenters. The van der Waals surface area contributed by atoms with Crippen LogP contribution in [0.25, 0.3) is 0 Å². The number of imide groups is 1. The van der Waals surface area contributed by atoms with Gasteiger partial charge in [-0.2, -0.15) is 0 Å². The van der Waals surface area contributed by atoms with Crippen molar-refractivity contribution in [3.05, 3.63) is 71.3 Å². The van der Waals surface area contributed by atoms with E-state index < -0.39 is 19.8 Å². The molecule has 44 heavy (non-hydrogen) atoms. The van der Waals surface area contributed by atoms with Crippen LogP contribution in [0, 0.1) is 17.3 Å². The zero-order chi connectivity index (χ0) is 32.4. The highest BCUT2D eigenvalue weighted by Gasteiger charge is 2.47. The second-order valence-electron chi connectivity index (χ2n) is 15.1. The second kappa shape index (κ2) is 13.3. The first-order chi connectivity index (χ1) is 20.5. The number of fused-ring (bicyclic) bond motifs is 1. The van der Waals surface area contributed by atoms with Crippen molar-refractivity contribution in [2.45, 2.75) is 104 Å². The lowest BCUT2D eigenvalue weighted by Crippen LogP contribution is -2.49. The maximum absolute atomic E-state index is 13.3. The molecule has 1 saturated heterocycles. The maximum Gasteiger partial charge on any atom is 0.311 e. The van der Waals surface area contributed by atoms with Crippen molar-refractivity contribution < 1.29 is 28.3 Å². The van der Waals surface area contributed by atoms with Gasteiger partial charge >= 0.3 is 5.97 Å². The van der Waals surface area contributed by atoms with E-state index in [1.807, 2.05) is 26.8 Å². The quantitative estimate of drug-likeness (QED) is 0.149. The highest BCUT2D eigenvalue weighted by molar-refractivity contribution is 6.74. The van der Waals surface area contributed by atoms with Crippen LogP contribution in [-0.4, -0.2) is 62.5 Å². The van der Waals surface area contributed by atoms with Crippen LogP contribution in [0.3, 0.4) is 0 Å². The van der Waals surface area contributed by atoms with E-state index >= 15 is 0 Å². The van der Waals surface area contributed by atoms with Gasteiger partial charge in [0.05, 0.1) is 41.4 Å². The summed E-state index contributed by atoms with van der Waals surface area (Å²) in [5.41, 5.74) is 1.54. The molecule has 2 aromatic carbocycles. The van der Waals surface area contributed by atoms with Crippen molar-refractivity contribution >= 4 is 26.1 Å². The highest BCUT2D eigenvalue weighted by Crippen LogP contribution is 2.42. The molecule has 1 fully saturated rings. The fraction of sp³-hybridized carbons (Fsp3) is 0.583. The van der Waals surface area contributed by atoms with E-state index in [9.17, 15) is 14.4 Å². The Hall–Kier alpha value is -2.81. The number of benzene rings is 2. The minimum Gasteiger partial charge on any atom is -0.463 e. The molecule has 2 aromatic rings. The number of nitrogens with zero attached hydrogens (tertiary/aromatic N) is 1. The molecule has 8 heteroatoms. The Bertz CT molecular complexity index is 1290. The Kier molecular flexibility index (Phi) is 10.3. The van der Waals surface area contributed by atoms with E-state index in [-0.39, 0.29) is 60.0 Å². The standard InChI is InChI=1S/C36H51NO6Si/c1-24-27(20-19-25-15-11-10-12-16-25)31(23-41-34(40)35(2,3)4)42-30(24)21-26(43-44(8,9)36(5,6)7)22-37-32(38)28-17-13-14-18-29(28)33(37)39/h10-18,24,26-27,30-31H,19-23H2,1-9H3/t24-,26?,27?,30?,31+/m1/s1. The van der Waals surface area contributed by atoms with Gasteiger partial charge in [0.1, 0.15) is 6.61 Å². The Morgan fingerprint density at radius 3 is 2.02 bits per heavy atom. The summed E-state index contributed by atoms with van der Waals surface area (Å²) in [7, 11) is -2.28. The van der Waals surface area contributed by atoms with E-state index in [2.05, 4.69) is 65.1 Å². The Balaban J connectivity index is 1.56. The average molecular weight is 622 g/mol. The molecule has 0 aromatic heterocycles. The molecule has 4 rings (SSSR count). The van der Waals surface area contributed by atoms with Gasteiger partial charge in [-0.25, -0.2) is 0 Å². The van der Waals surface area contributed by atoms with Crippen molar-refractivity contribution in [3.8, 4) is 0 Å². The van der Waals surface area contributed by atoms with E-state index in [4.69, 9.17) is 13.9 Å². The Labute approximate surface area is 264 Å². The van der Waals surface area contributed by atoms with Gasteiger partial charge in [0.2, 0.25) is 0 Å². The first-order valence-corrected chi connectivity index (χ1v) is 18.9. The summed E-state index contributed by atoms with van der Waals surface area (Å²) in [4.78, 5) is 40.7. The first kappa shape index (κ1) is 34.1. The molecule has 0 N–H and O–H groups in total. The van der Waals surface area contributed by atoms with E-state index in [1.54, 1.807) is 24.3 Å². The third-order valence-electron chi connectivity index (χ3n) is 9.72. The first-order valence-electron chi connectivity index (χ1n) is 16.0. The predicted octanol–water partition coefficient (Wildman–Crippen LogP) is 7.30. The third kappa shape index (κ3) is 7.69. The average Bonchev–Trinajstić information content (AvgIpc) is 3.37. The summed E-state index contributed by atoms with van der Waals surface area (Å²) in [6.07, 6.45) is 1.50. The maximum atomic E-state index is 13.3. The normalized spacial score (nSPS) is 23.2. The van der Waals surface area contributed by atoms with E-state index in [0.717, 1.165) is 12.8 Å². The molecular weight excluding hydrogens is 570 g/mol. The molecule has 0 spiro atoms. The third-order valence-corrected chi connectivity index (χ3v) is 14.3. The summed E-state index contributed by atoms with van der Waals surface area (Å²) in [6.45, 7) is 19.1. The topological polar surface area (TPSA) is 82.1 Å². The number of ether oxygens (including phenoxy) is 2. The number of aryl methyl sites for hydroxylation is 1. The van der Waals surface area contributed by atoms with Gasteiger partial charge in [-0.15, -0.1) is 0 Å². The summed E-state index contributed by atoms with van der Waals surface area (Å²) in [5.74, 6) is -0.473. The molecule has 2 aliphatic heterocycles. The van der Waals surface area contributed by atoms with Gasteiger partial charge in [-0.05, 0) is 81.3 Å². The van der Waals surface area contributed by atoms with Crippen molar-refractivity contribution in [1.29, 1.82) is 0 Å². The highest BCUT2D eigenvalue weighted by atomic mass is 28.4. The van der Waals surface area contributed by atoms with Crippen LogP contribution < -0.4 is 0 Å². The van der Waals surface area contributed by atoms with Gasteiger partial charge in [0, 0.05) is 6.42 Å². The predicted molar refractivity (Wildman–Crippen MR) is 175 cm³/mol. The molecule has 2 heterocycles. The van der Waals surface area contributed by atoms with Crippen molar-refractivity contribution in [2.75, 3.05) is 13.2 Å². The van der Waals surface area contributed by atoms with Crippen molar-refractivity contribution in [2.24, 2.45) is 17.3 Å². The number of hydrogen-bond donors (Lipinski definition) is 0. The summed E-state index contributed by atoms with van der Waals surface area (Å²) in [5, 5.41) is -0.0582. The second-order valence-corrected chi connectivity index (χ2v) is 19.9. The molecule has 0 bridgehead atoms. The zero-order valence-electron chi connectivity index (χ0n) is 28.0. The lowest BCUT2D eigenvalue weighted by atomic mass is 9.83. The lowest BCUT2D eigenvalue weighted by molar-refractivity contribution is -0.157. The van der Waals surface area contributed by atoms with Crippen LogP contribution in [-0.2, 0) is 25.1 Å². The van der Waals surface area contributed by atoms with Gasteiger partial charge in [0.25, 0.3) is 11.8 Å². The molecule has 0 radical (unpaired) electrons. The number of hydrogen-bond acceptors (Lipinski definition) is 6. The van der Waals surface area contributed by atoms with Gasteiger partial charge in [0.15, 0.2) is 8.32 Å².